The summed E-state index contributed by atoms with van der Waals surface area (Å²) in [7, 11) is 0. The van der Waals surface area contributed by atoms with Crippen molar-refractivity contribution in [3.8, 4) is 0 Å². The number of ether oxygens (including phenoxy) is 1. The van der Waals surface area contributed by atoms with E-state index in [0.717, 1.165) is 0 Å². The van der Waals surface area contributed by atoms with Crippen molar-refractivity contribution in [2.24, 2.45) is 0 Å². The Morgan fingerprint density at radius 1 is 1.11 bits per heavy atom. The topological polar surface area (TPSA) is 197 Å². The minimum atomic E-state index is -3.70. The first-order chi connectivity index (χ1) is 8.13. The second-order valence-corrected chi connectivity index (χ2v) is 3.64. The van der Waals surface area contributed by atoms with Gasteiger partial charge in [-0.3, -0.25) is 20.2 Å². The monoisotopic (exact) mass is 270 g/mol. The van der Waals surface area contributed by atoms with Gasteiger partial charge < -0.3 is 30.3 Å². The largest absolute Gasteiger partial charge is 0.409 e. The van der Waals surface area contributed by atoms with Crippen LogP contribution in [0.5, 0.6) is 0 Å². The molecule has 1 unspecified atom stereocenters. The molecule has 0 spiro atoms. The Morgan fingerprint density at radius 2 is 1.56 bits per heavy atom. The van der Waals surface area contributed by atoms with E-state index in [9.17, 15) is 35.5 Å². The number of nitro groups is 2. The zero-order valence-corrected chi connectivity index (χ0v) is 8.61. The van der Waals surface area contributed by atoms with Gasteiger partial charge in [-0.25, -0.2) is 0 Å². The molecule has 1 aliphatic rings. The van der Waals surface area contributed by atoms with E-state index in [0.29, 0.717) is 0 Å². The Bertz CT molecular complexity index is 375. The first-order valence-electron chi connectivity index (χ1n) is 4.49. The van der Waals surface area contributed by atoms with E-state index >= 15 is 0 Å². The average Bonchev–Trinajstić information content (AvgIpc) is 2.30. The van der Waals surface area contributed by atoms with Gasteiger partial charge >= 0.3 is 11.4 Å². The molecule has 1 heterocycles. The molecule has 1 saturated heterocycles. The molecule has 5 atom stereocenters. The van der Waals surface area contributed by atoms with Crippen molar-refractivity contribution in [1.29, 1.82) is 0 Å². The highest BCUT2D eigenvalue weighted by atomic mass is 16.7. The highest BCUT2D eigenvalue weighted by molar-refractivity contribution is 4.98. The Morgan fingerprint density at radius 3 is 1.89 bits per heavy atom. The van der Waals surface area contributed by atoms with E-state index in [-0.39, 0.29) is 0 Å². The minimum absolute atomic E-state index is 1.22. The summed E-state index contributed by atoms with van der Waals surface area (Å²) >= 11 is 0. The van der Waals surface area contributed by atoms with Gasteiger partial charge in [0.2, 0.25) is 0 Å². The number of aliphatic hydroxyl groups excluding tert-OH is 3. The van der Waals surface area contributed by atoms with Crippen molar-refractivity contribution in [3.05, 3.63) is 20.2 Å². The van der Waals surface area contributed by atoms with E-state index in [2.05, 4.69) is 4.74 Å². The molecule has 12 heteroatoms. The van der Waals surface area contributed by atoms with Crippen molar-refractivity contribution in [2.75, 3.05) is 6.61 Å². The van der Waals surface area contributed by atoms with Crippen LogP contribution in [0.3, 0.4) is 0 Å². The van der Waals surface area contributed by atoms with Crippen molar-refractivity contribution < 1.29 is 40.1 Å². The third-order valence-corrected chi connectivity index (χ3v) is 2.69. The van der Waals surface area contributed by atoms with Gasteiger partial charge in [0.1, 0.15) is 0 Å². The maximum absolute atomic E-state index is 10.7. The summed E-state index contributed by atoms with van der Waals surface area (Å²) in [6.07, 6.45) is -7.84. The molecular weight excluding hydrogens is 260 g/mol. The molecule has 1 aliphatic heterocycles. The normalized spacial score (nSPS) is 44.6. The van der Waals surface area contributed by atoms with Crippen molar-refractivity contribution in [3.63, 3.8) is 0 Å². The Labute approximate surface area is 97.9 Å². The van der Waals surface area contributed by atoms with Gasteiger partial charge in [0.25, 0.3) is 12.4 Å². The molecule has 0 aliphatic carbocycles. The molecule has 5 N–H and O–H groups in total. The van der Waals surface area contributed by atoms with Crippen molar-refractivity contribution in [1.82, 2.24) is 0 Å². The van der Waals surface area contributed by atoms with Gasteiger partial charge in [-0.05, 0) is 0 Å². The van der Waals surface area contributed by atoms with E-state index in [1.807, 2.05) is 0 Å². The van der Waals surface area contributed by atoms with E-state index in [1.54, 1.807) is 0 Å². The van der Waals surface area contributed by atoms with Crippen LogP contribution in [0.25, 0.3) is 0 Å². The van der Waals surface area contributed by atoms with Crippen LogP contribution in [0.4, 0.5) is 0 Å². The van der Waals surface area contributed by atoms with Crippen LogP contribution < -0.4 is 0 Å². The molecule has 0 saturated carbocycles. The average molecular weight is 270 g/mol. The Balaban J connectivity index is 3.33. The second-order valence-electron chi connectivity index (χ2n) is 3.64. The third kappa shape index (κ3) is 1.63. The smallest absolute Gasteiger partial charge is 0.393 e. The summed E-state index contributed by atoms with van der Waals surface area (Å²) in [6, 6.07) is 0. The maximum atomic E-state index is 10.7. The lowest BCUT2D eigenvalue weighted by Gasteiger charge is -2.41. The van der Waals surface area contributed by atoms with Crippen LogP contribution in [0.15, 0.2) is 0 Å². The molecule has 0 aromatic carbocycles. The van der Waals surface area contributed by atoms with Gasteiger partial charge in [0.05, 0.1) is 16.5 Å². The summed E-state index contributed by atoms with van der Waals surface area (Å²) < 4.78 is 4.22. The summed E-state index contributed by atoms with van der Waals surface area (Å²) in [5.74, 6) is 0. The number of aliphatic hydroxyl groups is 5. The second kappa shape index (κ2) is 4.34. The SMILES string of the molecule is O=[N+]([O-])[C@@]1(O)[C@@H](CO)OC(O)[C@@](O)([N+](=O)[O-])[C@H]1O. The molecule has 18 heavy (non-hydrogen) atoms. The van der Waals surface area contributed by atoms with Gasteiger partial charge in [-0.15, -0.1) is 0 Å². The van der Waals surface area contributed by atoms with Crippen molar-refractivity contribution >= 4 is 0 Å². The summed E-state index contributed by atoms with van der Waals surface area (Å²) in [6.45, 7) is -1.22. The number of hydrogen-bond donors (Lipinski definition) is 5. The predicted molar refractivity (Wildman–Crippen MR) is 47.9 cm³/mol. The molecule has 0 bridgehead atoms. The summed E-state index contributed by atoms with van der Waals surface area (Å²) in [4.78, 5) is 18.0. The predicted octanol–water partition coefficient (Wildman–Crippen LogP) is -4.01. The lowest BCUT2D eigenvalue weighted by Crippen LogP contribution is -2.77. The van der Waals surface area contributed by atoms with Gasteiger partial charge in [-0.1, -0.05) is 0 Å². The molecule has 0 aromatic rings. The molecule has 12 nitrogen and oxygen atoms in total. The molecule has 0 aromatic heterocycles. The zero-order valence-electron chi connectivity index (χ0n) is 8.61. The fourth-order valence-corrected chi connectivity index (χ4v) is 1.56. The van der Waals surface area contributed by atoms with Crippen molar-refractivity contribution in [2.45, 2.75) is 29.9 Å². The third-order valence-electron chi connectivity index (χ3n) is 2.69. The summed E-state index contributed by atoms with van der Waals surface area (Å²) in [5, 5.41) is 67.6. The van der Waals surface area contributed by atoms with E-state index in [4.69, 9.17) is 10.2 Å². The quantitative estimate of drug-likeness (QED) is 0.191. The highest BCUT2D eigenvalue weighted by Crippen LogP contribution is 2.36. The number of hydrogen-bond acceptors (Lipinski definition) is 10. The lowest BCUT2D eigenvalue weighted by atomic mass is 9.88. The molecule has 1 fully saturated rings. The fourth-order valence-electron chi connectivity index (χ4n) is 1.56. The maximum Gasteiger partial charge on any atom is 0.409 e. The molecular formula is C6H10N2O10. The highest BCUT2D eigenvalue weighted by Gasteiger charge is 2.76. The van der Waals surface area contributed by atoms with Crippen LogP contribution in [-0.2, 0) is 4.74 Å². The van der Waals surface area contributed by atoms with Crippen LogP contribution >= 0.6 is 0 Å². The standard InChI is InChI=1S/C6H10N2O10/c9-1-2-5(12,7(14)15)3(10)6(13,8(16)17)4(11)18-2/h2-4,9-13H,1H2/t2-,3+,4?,5-,6-/m1/s1. The van der Waals surface area contributed by atoms with Gasteiger partial charge in [0.15, 0.2) is 6.10 Å². The lowest BCUT2D eigenvalue weighted by molar-refractivity contribution is -0.736. The first-order valence-corrected chi connectivity index (χ1v) is 4.49. The van der Waals surface area contributed by atoms with E-state index < -0.39 is 46.4 Å². The zero-order chi connectivity index (χ0) is 14.3. The molecule has 0 amide bonds. The minimum Gasteiger partial charge on any atom is -0.393 e. The Hall–Kier alpha value is -1.44. The van der Waals surface area contributed by atoms with Crippen LogP contribution in [0, 0.1) is 20.2 Å². The van der Waals surface area contributed by atoms with Gasteiger partial charge in [-0.2, -0.15) is 0 Å². The van der Waals surface area contributed by atoms with Crippen LogP contribution in [0.1, 0.15) is 0 Å². The molecule has 1 rings (SSSR count). The van der Waals surface area contributed by atoms with E-state index in [1.165, 1.54) is 0 Å². The fraction of sp³-hybridized carbons (Fsp3) is 1.00. The summed E-state index contributed by atoms with van der Waals surface area (Å²) in [5.41, 5.74) is -7.25. The number of rotatable bonds is 3. The Kier molecular flexibility index (Phi) is 3.53. The van der Waals surface area contributed by atoms with Gasteiger partial charge in [0, 0.05) is 0 Å². The number of nitrogens with zero attached hydrogens (tertiary/aromatic N) is 2. The van der Waals surface area contributed by atoms with Crippen LogP contribution in [-0.4, -0.2) is 71.9 Å². The first kappa shape index (κ1) is 14.6. The molecule has 104 valence electrons. The van der Waals surface area contributed by atoms with Crippen LogP contribution in [0.2, 0.25) is 0 Å². The molecule has 0 radical (unpaired) electrons.